The van der Waals surface area contributed by atoms with E-state index in [9.17, 15) is 0 Å². The summed E-state index contributed by atoms with van der Waals surface area (Å²) >= 11 is 0. The van der Waals surface area contributed by atoms with Crippen molar-refractivity contribution in [1.82, 2.24) is 0 Å². The fourth-order valence-corrected chi connectivity index (χ4v) is 6.75. The third kappa shape index (κ3) is 8.27. The molecule has 2 heterocycles. The zero-order valence-corrected chi connectivity index (χ0v) is 24.9. The zero-order chi connectivity index (χ0) is 26.5. The van der Waals surface area contributed by atoms with Crippen LogP contribution in [0.3, 0.4) is 0 Å². The Morgan fingerprint density at radius 3 is 1.76 bits per heavy atom. The van der Waals surface area contributed by atoms with Crippen LogP contribution in [-0.4, -0.2) is 39.6 Å². The molecular weight excluding hydrogens is 506 g/mol. The molecule has 2 aromatic carbocycles. The van der Waals surface area contributed by atoms with E-state index in [4.69, 9.17) is 27.1 Å². The Hall–Kier alpha value is -0.940. The first-order chi connectivity index (χ1) is 17.5. The van der Waals surface area contributed by atoms with Crippen molar-refractivity contribution in [2.75, 3.05) is 39.6 Å². The Balaban J connectivity index is 1.19. The van der Waals surface area contributed by atoms with E-state index in [2.05, 4.69) is 71.9 Å². The van der Waals surface area contributed by atoms with E-state index in [0.717, 1.165) is 12.8 Å². The largest absolute Gasteiger partial charge is 0.332 e. The smallest absolute Gasteiger partial charge is 0.312 e. The second-order valence-corrected chi connectivity index (χ2v) is 14.5. The molecule has 0 unspecified atom stereocenters. The highest BCUT2D eigenvalue weighted by Crippen LogP contribution is 2.53. The quantitative estimate of drug-likeness (QED) is 0.316. The van der Waals surface area contributed by atoms with E-state index < -0.39 is 17.2 Å². The normalized spacial score (nSPS) is 24.9. The van der Waals surface area contributed by atoms with Gasteiger partial charge in [-0.3, -0.25) is 0 Å². The van der Waals surface area contributed by atoms with E-state index in [1.54, 1.807) is 0 Å². The Morgan fingerprint density at radius 2 is 1.24 bits per heavy atom. The second kappa shape index (κ2) is 12.5. The molecule has 0 bridgehead atoms. The Kier molecular flexibility index (Phi) is 9.81. The van der Waals surface area contributed by atoms with Crippen molar-refractivity contribution in [2.45, 2.75) is 65.2 Å². The van der Waals surface area contributed by atoms with Crippen LogP contribution in [0.5, 0.6) is 0 Å². The summed E-state index contributed by atoms with van der Waals surface area (Å²) < 4.78 is 35.6. The summed E-state index contributed by atoms with van der Waals surface area (Å²) in [7, 11) is -2.69. The molecule has 0 radical (unpaired) electrons. The van der Waals surface area contributed by atoms with Crippen LogP contribution in [0.2, 0.25) is 0 Å². The molecule has 2 saturated heterocycles. The van der Waals surface area contributed by atoms with Gasteiger partial charge in [-0.1, -0.05) is 90.1 Å². The van der Waals surface area contributed by atoms with Crippen LogP contribution in [0.15, 0.2) is 48.5 Å². The molecule has 1 spiro atoms. The van der Waals surface area contributed by atoms with Crippen molar-refractivity contribution in [3.63, 3.8) is 0 Å². The molecule has 6 nitrogen and oxygen atoms in total. The van der Waals surface area contributed by atoms with E-state index in [1.807, 2.05) is 18.2 Å². The fraction of sp³-hybridized carbons (Fsp3) is 0.586. The van der Waals surface area contributed by atoms with Crippen LogP contribution in [0, 0.1) is 5.41 Å². The molecule has 2 aliphatic rings. The number of rotatable bonds is 8. The maximum atomic E-state index is 6.02. The van der Waals surface area contributed by atoms with Crippen molar-refractivity contribution < 1.29 is 27.1 Å². The summed E-state index contributed by atoms with van der Waals surface area (Å²) in [4.78, 5) is 0. The van der Waals surface area contributed by atoms with Crippen LogP contribution in [-0.2, 0) is 50.8 Å². The highest BCUT2D eigenvalue weighted by molar-refractivity contribution is 7.42. The average Bonchev–Trinajstić information content (AvgIpc) is 2.86. The molecule has 8 heteroatoms. The molecule has 0 aliphatic carbocycles. The van der Waals surface area contributed by atoms with Crippen LogP contribution < -0.4 is 0 Å². The van der Waals surface area contributed by atoms with Crippen molar-refractivity contribution in [2.24, 2.45) is 5.41 Å². The molecule has 0 amide bonds. The van der Waals surface area contributed by atoms with Crippen molar-refractivity contribution in [3.05, 3.63) is 70.8 Å². The molecule has 0 atom stereocenters. The summed E-state index contributed by atoms with van der Waals surface area (Å²) in [6.45, 7) is 16.7. The minimum Gasteiger partial charge on any atom is -0.312 e. The fourth-order valence-electron chi connectivity index (χ4n) is 4.30. The van der Waals surface area contributed by atoms with E-state index in [1.165, 1.54) is 22.3 Å². The predicted molar refractivity (Wildman–Crippen MR) is 150 cm³/mol. The van der Waals surface area contributed by atoms with Crippen LogP contribution >= 0.6 is 17.2 Å². The molecule has 204 valence electrons. The molecule has 37 heavy (non-hydrogen) atoms. The molecular formula is C29H42O6P2. The molecule has 4 rings (SSSR count). The standard InChI is InChI=1S/C29H42O6P2/c1-27(2,3)25-13-12-24(26(18-25)28(4,5)6)15-17-31-37-34-21-29(22-35-37)19-32-36(33-20-29)30-16-14-23-10-8-7-9-11-23/h7-13,18H,14-17,19-22H2,1-6H3. The predicted octanol–water partition coefficient (Wildman–Crippen LogP) is 7.63. The average molecular weight is 549 g/mol. The van der Waals surface area contributed by atoms with Gasteiger partial charge in [-0.15, -0.1) is 0 Å². The van der Waals surface area contributed by atoms with Crippen molar-refractivity contribution >= 4 is 17.2 Å². The van der Waals surface area contributed by atoms with Gasteiger partial charge in [0.05, 0.1) is 45.1 Å². The number of benzene rings is 2. The van der Waals surface area contributed by atoms with Crippen LogP contribution in [0.4, 0.5) is 0 Å². The first-order valence-corrected chi connectivity index (χ1v) is 15.3. The van der Waals surface area contributed by atoms with Gasteiger partial charge in [0.2, 0.25) is 0 Å². The first-order valence-electron chi connectivity index (χ1n) is 13.1. The van der Waals surface area contributed by atoms with Crippen molar-refractivity contribution in [3.8, 4) is 0 Å². The van der Waals surface area contributed by atoms with Gasteiger partial charge < -0.3 is 27.1 Å². The molecule has 2 fully saturated rings. The summed E-state index contributed by atoms with van der Waals surface area (Å²) in [5, 5.41) is 0. The lowest BCUT2D eigenvalue weighted by Crippen LogP contribution is -2.44. The lowest BCUT2D eigenvalue weighted by molar-refractivity contribution is -0.0758. The molecule has 2 aromatic rings. The van der Waals surface area contributed by atoms with Crippen LogP contribution in [0.1, 0.15) is 63.8 Å². The number of hydrogen-bond donors (Lipinski definition) is 0. The van der Waals surface area contributed by atoms with Gasteiger partial charge in [-0.25, -0.2) is 0 Å². The van der Waals surface area contributed by atoms with Gasteiger partial charge >= 0.3 is 17.2 Å². The minimum atomic E-state index is -1.36. The van der Waals surface area contributed by atoms with Gasteiger partial charge in [0.25, 0.3) is 0 Å². The minimum absolute atomic E-state index is 0.0673. The Morgan fingerprint density at radius 1 is 0.703 bits per heavy atom. The van der Waals surface area contributed by atoms with Crippen molar-refractivity contribution in [1.29, 1.82) is 0 Å². The SMILES string of the molecule is CC(C)(C)c1ccc(CCOP2OCC3(COP(OCCc4ccccc4)OC3)CO2)c(C(C)(C)C)c1. The van der Waals surface area contributed by atoms with E-state index >= 15 is 0 Å². The van der Waals surface area contributed by atoms with Gasteiger partial charge in [-0.05, 0) is 45.9 Å². The Labute approximate surface area is 225 Å². The number of hydrogen-bond acceptors (Lipinski definition) is 6. The molecule has 0 N–H and O–H groups in total. The van der Waals surface area contributed by atoms with Crippen LogP contribution in [0.25, 0.3) is 0 Å². The highest BCUT2D eigenvalue weighted by Gasteiger charge is 2.44. The van der Waals surface area contributed by atoms with Gasteiger partial charge in [0, 0.05) is 0 Å². The highest BCUT2D eigenvalue weighted by atomic mass is 31.2. The lowest BCUT2D eigenvalue weighted by Gasteiger charge is -2.41. The summed E-state index contributed by atoms with van der Waals surface area (Å²) in [5.74, 6) is 0. The van der Waals surface area contributed by atoms with E-state index in [-0.39, 0.29) is 16.2 Å². The summed E-state index contributed by atoms with van der Waals surface area (Å²) in [5.41, 5.74) is 5.19. The van der Waals surface area contributed by atoms with E-state index in [0.29, 0.717) is 39.6 Å². The monoisotopic (exact) mass is 548 g/mol. The lowest BCUT2D eigenvalue weighted by atomic mass is 9.78. The third-order valence-corrected chi connectivity index (χ3v) is 8.83. The zero-order valence-electron chi connectivity index (χ0n) is 23.1. The van der Waals surface area contributed by atoms with Gasteiger partial charge in [-0.2, -0.15) is 0 Å². The summed E-state index contributed by atoms with van der Waals surface area (Å²) in [6, 6.07) is 17.1. The maximum absolute atomic E-state index is 6.02. The summed E-state index contributed by atoms with van der Waals surface area (Å²) in [6.07, 6.45) is 1.66. The van der Waals surface area contributed by atoms with Gasteiger partial charge in [0.1, 0.15) is 0 Å². The molecule has 0 saturated carbocycles. The third-order valence-electron chi connectivity index (χ3n) is 6.69. The topological polar surface area (TPSA) is 55.4 Å². The van der Waals surface area contributed by atoms with Gasteiger partial charge in [0.15, 0.2) is 0 Å². The molecule has 0 aromatic heterocycles. The maximum Gasteiger partial charge on any atom is 0.332 e. The molecule has 2 aliphatic heterocycles. The Bertz CT molecular complexity index is 984. The second-order valence-electron chi connectivity index (χ2n) is 12.1. The first kappa shape index (κ1) is 29.1.